The molecule has 13 heavy (non-hydrogen) atoms. The molecule has 0 aliphatic carbocycles. The number of ether oxygens (including phenoxy) is 2. The molecule has 0 aromatic rings. The molecule has 0 N–H and O–H groups in total. The van der Waals surface area contributed by atoms with Crippen molar-refractivity contribution >= 4 is 5.97 Å². The first-order chi connectivity index (χ1) is 6.26. The Morgan fingerprint density at radius 3 is 2.54 bits per heavy atom. The maximum absolute atomic E-state index is 11.2. The summed E-state index contributed by atoms with van der Waals surface area (Å²) in [6, 6.07) is 0. The van der Waals surface area contributed by atoms with Gasteiger partial charge in [0.1, 0.15) is 0 Å². The van der Waals surface area contributed by atoms with E-state index in [1.165, 1.54) is 6.26 Å². The largest absolute Gasteiger partial charge is 0.501 e. The molecule has 0 saturated heterocycles. The molecule has 0 spiro atoms. The Morgan fingerprint density at radius 2 is 2.08 bits per heavy atom. The number of hydrogen-bond acceptors (Lipinski definition) is 3. The molecular formula is C10H16O3. The molecular weight excluding hydrogens is 168 g/mol. The Labute approximate surface area is 79.0 Å². The van der Waals surface area contributed by atoms with Gasteiger partial charge in [-0.1, -0.05) is 6.08 Å². The third-order valence-corrected chi connectivity index (χ3v) is 1.29. The first-order valence-corrected chi connectivity index (χ1v) is 4.34. The van der Waals surface area contributed by atoms with Gasteiger partial charge in [0.05, 0.1) is 25.0 Å². The Bertz CT molecular complexity index is 194. The highest BCUT2D eigenvalue weighted by Crippen LogP contribution is 2.05. The predicted molar refractivity (Wildman–Crippen MR) is 51.2 cm³/mol. The minimum absolute atomic E-state index is 0.337. The molecule has 0 aliphatic rings. The van der Waals surface area contributed by atoms with Gasteiger partial charge in [-0.2, -0.15) is 0 Å². The first-order valence-electron chi connectivity index (χ1n) is 4.34. The molecule has 0 rings (SSSR count). The Morgan fingerprint density at radius 1 is 1.38 bits per heavy atom. The lowest BCUT2D eigenvalue weighted by Gasteiger charge is -2.04. The summed E-state index contributed by atoms with van der Waals surface area (Å²) in [6.45, 7) is 8.09. The molecule has 3 nitrogen and oxygen atoms in total. The minimum Gasteiger partial charge on any atom is -0.501 e. The number of carbonyl (C=O) groups excluding carboxylic acids is 1. The van der Waals surface area contributed by atoms with Crippen LogP contribution < -0.4 is 0 Å². The fourth-order valence-corrected chi connectivity index (χ4v) is 0.743. The van der Waals surface area contributed by atoms with Crippen molar-refractivity contribution in [1.29, 1.82) is 0 Å². The van der Waals surface area contributed by atoms with Crippen molar-refractivity contribution in [1.82, 2.24) is 0 Å². The van der Waals surface area contributed by atoms with Crippen LogP contribution in [-0.4, -0.2) is 19.2 Å². The van der Waals surface area contributed by atoms with Gasteiger partial charge in [0, 0.05) is 6.42 Å². The van der Waals surface area contributed by atoms with Crippen molar-refractivity contribution in [2.45, 2.75) is 20.3 Å². The zero-order valence-corrected chi connectivity index (χ0v) is 8.21. The van der Waals surface area contributed by atoms with Gasteiger partial charge < -0.3 is 9.47 Å². The normalized spacial score (nSPS) is 10.8. The van der Waals surface area contributed by atoms with Crippen molar-refractivity contribution in [3.05, 3.63) is 24.5 Å². The Hall–Kier alpha value is -1.25. The summed E-state index contributed by atoms with van der Waals surface area (Å²) in [5.74, 6) is -0.337. The van der Waals surface area contributed by atoms with Crippen LogP contribution in [0.1, 0.15) is 20.3 Å². The number of rotatable bonds is 6. The van der Waals surface area contributed by atoms with Crippen LogP contribution in [-0.2, 0) is 14.3 Å². The first kappa shape index (κ1) is 11.8. The molecule has 0 aromatic carbocycles. The van der Waals surface area contributed by atoms with E-state index < -0.39 is 0 Å². The maximum atomic E-state index is 11.2. The van der Waals surface area contributed by atoms with Crippen LogP contribution in [0.15, 0.2) is 24.5 Å². The smallest absolute Gasteiger partial charge is 0.337 e. The van der Waals surface area contributed by atoms with Gasteiger partial charge in [-0.15, -0.1) is 6.58 Å². The van der Waals surface area contributed by atoms with Crippen LogP contribution in [0.3, 0.4) is 0 Å². The van der Waals surface area contributed by atoms with E-state index in [1.807, 2.05) is 6.92 Å². The molecule has 0 bridgehead atoms. The van der Waals surface area contributed by atoms with E-state index in [0.29, 0.717) is 25.2 Å². The Kier molecular flexibility index (Phi) is 6.69. The summed E-state index contributed by atoms with van der Waals surface area (Å²) in [6.07, 6.45) is 3.54. The molecule has 0 unspecified atom stereocenters. The second-order valence-electron chi connectivity index (χ2n) is 2.31. The van der Waals surface area contributed by atoms with E-state index in [1.54, 1.807) is 13.0 Å². The lowest BCUT2D eigenvalue weighted by molar-refractivity contribution is -0.138. The molecule has 74 valence electrons. The highest BCUT2D eigenvalue weighted by molar-refractivity contribution is 5.88. The monoisotopic (exact) mass is 184 g/mol. The van der Waals surface area contributed by atoms with Crippen LogP contribution in [0.25, 0.3) is 0 Å². The van der Waals surface area contributed by atoms with E-state index in [9.17, 15) is 4.79 Å². The molecule has 0 saturated carbocycles. The second-order valence-corrected chi connectivity index (χ2v) is 2.31. The predicted octanol–water partition coefficient (Wildman–Crippen LogP) is 2.05. The molecule has 0 atom stereocenters. The summed E-state index contributed by atoms with van der Waals surface area (Å²) in [5.41, 5.74) is 0.499. The quantitative estimate of drug-likeness (QED) is 0.274. The van der Waals surface area contributed by atoms with Gasteiger partial charge in [0.15, 0.2) is 0 Å². The fraction of sp³-hybridized carbons (Fsp3) is 0.500. The topological polar surface area (TPSA) is 35.5 Å². The third-order valence-electron chi connectivity index (χ3n) is 1.29. The average molecular weight is 184 g/mol. The van der Waals surface area contributed by atoms with Crippen molar-refractivity contribution < 1.29 is 14.3 Å². The zero-order valence-electron chi connectivity index (χ0n) is 8.21. The number of carbonyl (C=O) groups is 1. The lowest BCUT2D eigenvalue weighted by Crippen LogP contribution is -2.07. The summed E-state index contributed by atoms with van der Waals surface area (Å²) < 4.78 is 9.82. The zero-order chi connectivity index (χ0) is 10.1. The summed E-state index contributed by atoms with van der Waals surface area (Å²) in [5, 5.41) is 0. The molecule has 0 aromatic heterocycles. The molecule has 0 fully saturated rings. The van der Waals surface area contributed by atoms with Crippen LogP contribution in [0.2, 0.25) is 0 Å². The number of esters is 1. The van der Waals surface area contributed by atoms with Crippen LogP contribution in [0.5, 0.6) is 0 Å². The molecule has 0 amide bonds. The van der Waals surface area contributed by atoms with Gasteiger partial charge in [0.2, 0.25) is 0 Å². The summed E-state index contributed by atoms with van der Waals surface area (Å²) in [7, 11) is 0. The standard InChI is InChI=1S/C10H16O3/c1-4-7-9(8-12-5-2)10(11)13-6-3/h4,8H,1,5-7H2,2-3H3. The van der Waals surface area contributed by atoms with E-state index >= 15 is 0 Å². The molecule has 0 radical (unpaired) electrons. The van der Waals surface area contributed by atoms with Crippen LogP contribution >= 0.6 is 0 Å². The third kappa shape index (κ3) is 5.06. The highest BCUT2D eigenvalue weighted by atomic mass is 16.5. The van der Waals surface area contributed by atoms with E-state index in [4.69, 9.17) is 9.47 Å². The number of allylic oxidation sites excluding steroid dienone is 1. The van der Waals surface area contributed by atoms with Gasteiger partial charge in [0.25, 0.3) is 0 Å². The Balaban J connectivity index is 4.21. The van der Waals surface area contributed by atoms with E-state index in [2.05, 4.69) is 6.58 Å². The van der Waals surface area contributed by atoms with E-state index in [-0.39, 0.29) is 5.97 Å². The van der Waals surface area contributed by atoms with Crippen molar-refractivity contribution in [3.8, 4) is 0 Å². The van der Waals surface area contributed by atoms with Gasteiger partial charge in [-0.3, -0.25) is 0 Å². The summed E-state index contributed by atoms with van der Waals surface area (Å²) >= 11 is 0. The maximum Gasteiger partial charge on any atom is 0.337 e. The SMILES string of the molecule is C=CCC(=COCC)C(=O)OCC. The van der Waals surface area contributed by atoms with Gasteiger partial charge in [-0.05, 0) is 13.8 Å². The van der Waals surface area contributed by atoms with Gasteiger partial charge >= 0.3 is 5.97 Å². The van der Waals surface area contributed by atoms with Crippen molar-refractivity contribution in [2.75, 3.05) is 13.2 Å². The molecule has 0 heterocycles. The van der Waals surface area contributed by atoms with E-state index in [0.717, 1.165) is 0 Å². The fourth-order valence-electron chi connectivity index (χ4n) is 0.743. The van der Waals surface area contributed by atoms with Crippen molar-refractivity contribution in [3.63, 3.8) is 0 Å². The van der Waals surface area contributed by atoms with Crippen LogP contribution in [0, 0.1) is 0 Å². The van der Waals surface area contributed by atoms with Crippen LogP contribution in [0.4, 0.5) is 0 Å². The molecule has 3 heteroatoms. The minimum atomic E-state index is -0.337. The highest BCUT2D eigenvalue weighted by Gasteiger charge is 2.08. The average Bonchev–Trinajstić information content (AvgIpc) is 2.12. The second kappa shape index (κ2) is 7.40. The number of hydrogen-bond donors (Lipinski definition) is 0. The lowest BCUT2D eigenvalue weighted by atomic mass is 10.2. The van der Waals surface area contributed by atoms with Crippen molar-refractivity contribution in [2.24, 2.45) is 0 Å². The van der Waals surface area contributed by atoms with Gasteiger partial charge in [-0.25, -0.2) is 4.79 Å². The molecule has 0 aliphatic heterocycles. The summed E-state index contributed by atoms with van der Waals surface area (Å²) in [4.78, 5) is 11.2.